The minimum Gasteiger partial charge on any atom is -0.492 e. The van der Waals surface area contributed by atoms with E-state index in [1.165, 1.54) is 4.90 Å². The molecule has 150 valence electrons. The third-order valence-electron chi connectivity index (χ3n) is 5.11. The molecule has 1 amide bonds. The summed E-state index contributed by atoms with van der Waals surface area (Å²) < 4.78 is 5.75. The highest BCUT2D eigenvalue weighted by Gasteiger charge is 2.30. The fourth-order valence-electron chi connectivity index (χ4n) is 3.48. The summed E-state index contributed by atoms with van der Waals surface area (Å²) in [5.74, 6) is 0.874. The second-order valence-electron chi connectivity index (χ2n) is 6.88. The number of anilines is 2. The summed E-state index contributed by atoms with van der Waals surface area (Å²) >= 11 is 12.1. The molecule has 2 N–H and O–H groups in total. The number of benzene rings is 2. The maximum atomic E-state index is 12.7. The predicted molar refractivity (Wildman–Crippen MR) is 115 cm³/mol. The Morgan fingerprint density at radius 3 is 2.61 bits per heavy atom. The third kappa shape index (κ3) is 4.90. The van der Waals surface area contributed by atoms with Crippen molar-refractivity contribution in [1.82, 2.24) is 0 Å². The van der Waals surface area contributed by atoms with Crippen molar-refractivity contribution in [2.75, 3.05) is 43.0 Å². The van der Waals surface area contributed by atoms with Crippen LogP contribution in [0.15, 0.2) is 42.5 Å². The zero-order valence-corrected chi connectivity index (χ0v) is 17.7. The molecule has 5 nitrogen and oxygen atoms in total. The number of nitrogens with one attached hydrogen (secondary N) is 2. The number of ether oxygens (including phenoxy) is 1. The molecule has 1 fully saturated rings. The Morgan fingerprint density at radius 1 is 1.21 bits per heavy atom. The van der Waals surface area contributed by atoms with E-state index in [1.807, 2.05) is 32.0 Å². The van der Waals surface area contributed by atoms with Crippen molar-refractivity contribution in [2.45, 2.75) is 19.9 Å². The third-order valence-corrected chi connectivity index (χ3v) is 5.65. The predicted octanol–water partition coefficient (Wildman–Crippen LogP) is 3.12. The molecule has 7 heteroatoms. The minimum atomic E-state index is -0.170. The van der Waals surface area contributed by atoms with Crippen LogP contribution in [-0.4, -0.2) is 44.7 Å². The summed E-state index contributed by atoms with van der Waals surface area (Å²) in [5, 5.41) is 3.91. The molecule has 0 bridgehead atoms. The number of para-hydroxylation sites is 2. The summed E-state index contributed by atoms with van der Waals surface area (Å²) in [6.45, 7) is 8.10. The first-order valence-electron chi connectivity index (χ1n) is 9.57. The molecule has 2 aromatic carbocycles. The van der Waals surface area contributed by atoms with E-state index in [9.17, 15) is 4.79 Å². The monoisotopic (exact) mass is 422 g/mol. The summed E-state index contributed by atoms with van der Waals surface area (Å²) in [6.07, 6.45) is 0. The average Bonchev–Trinajstić information content (AvgIpc) is 2.70. The second kappa shape index (κ2) is 9.50. The SMILES string of the molecule is CCOc1ccccc1N1CC[NH+]([C@@H](C)C(=O)Nc2ccc(Cl)cc2Cl)CC1. The van der Waals surface area contributed by atoms with Crippen LogP contribution in [0, 0.1) is 0 Å². The first-order chi connectivity index (χ1) is 13.5. The number of carbonyl (C=O) groups is 1. The van der Waals surface area contributed by atoms with Gasteiger partial charge in [-0.2, -0.15) is 0 Å². The molecule has 2 aromatic rings. The lowest BCUT2D eigenvalue weighted by atomic mass is 10.2. The topological polar surface area (TPSA) is 46.0 Å². The maximum absolute atomic E-state index is 12.7. The normalized spacial score (nSPS) is 15.9. The lowest BCUT2D eigenvalue weighted by Crippen LogP contribution is -3.19. The van der Waals surface area contributed by atoms with Crippen molar-refractivity contribution >= 4 is 40.5 Å². The van der Waals surface area contributed by atoms with Gasteiger partial charge in [0.1, 0.15) is 5.75 Å². The molecule has 3 rings (SSSR count). The molecule has 0 unspecified atom stereocenters. The van der Waals surface area contributed by atoms with Crippen LogP contribution >= 0.6 is 23.2 Å². The summed E-state index contributed by atoms with van der Waals surface area (Å²) in [6, 6.07) is 13.0. The van der Waals surface area contributed by atoms with Gasteiger partial charge >= 0.3 is 0 Å². The van der Waals surface area contributed by atoms with Crippen LogP contribution in [0.25, 0.3) is 0 Å². The van der Waals surface area contributed by atoms with E-state index < -0.39 is 0 Å². The number of nitrogens with zero attached hydrogens (tertiary/aromatic N) is 1. The lowest BCUT2D eigenvalue weighted by Gasteiger charge is -2.36. The molecule has 28 heavy (non-hydrogen) atoms. The first-order valence-corrected chi connectivity index (χ1v) is 10.3. The summed E-state index contributed by atoms with van der Waals surface area (Å²) in [7, 11) is 0. The van der Waals surface area contributed by atoms with E-state index in [-0.39, 0.29) is 11.9 Å². The molecule has 0 aromatic heterocycles. The van der Waals surface area contributed by atoms with Gasteiger partial charge in [0.2, 0.25) is 0 Å². The quantitative estimate of drug-likeness (QED) is 0.751. The Hall–Kier alpha value is -1.95. The average molecular weight is 423 g/mol. The van der Waals surface area contributed by atoms with Crippen LogP contribution in [0.4, 0.5) is 11.4 Å². The summed E-state index contributed by atoms with van der Waals surface area (Å²) in [5.41, 5.74) is 1.71. The standard InChI is InChI=1S/C21H25Cl2N3O2/c1-3-28-20-7-5-4-6-19(20)26-12-10-25(11-13-26)15(2)21(27)24-18-9-8-16(22)14-17(18)23/h4-9,14-15H,3,10-13H2,1-2H3,(H,24,27)/p+1/t15-/m0/s1. The van der Waals surface area contributed by atoms with E-state index in [0.29, 0.717) is 22.3 Å². The van der Waals surface area contributed by atoms with E-state index >= 15 is 0 Å². The van der Waals surface area contributed by atoms with Gasteiger partial charge in [-0.3, -0.25) is 4.79 Å². The van der Waals surface area contributed by atoms with Crippen molar-refractivity contribution in [2.24, 2.45) is 0 Å². The lowest BCUT2D eigenvalue weighted by molar-refractivity contribution is -0.914. The highest BCUT2D eigenvalue weighted by molar-refractivity contribution is 6.36. The smallest absolute Gasteiger partial charge is 0.282 e. The number of quaternary nitrogens is 1. The molecule has 0 aliphatic carbocycles. The molecule has 1 aliphatic heterocycles. The number of halogens is 2. The molecular formula is C21H26Cl2N3O2+. The maximum Gasteiger partial charge on any atom is 0.282 e. The van der Waals surface area contributed by atoms with Gasteiger partial charge in [0.25, 0.3) is 5.91 Å². The van der Waals surface area contributed by atoms with Crippen LogP contribution in [0.5, 0.6) is 5.75 Å². The molecule has 1 heterocycles. The highest BCUT2D eigenvalue weighted by Crippen LogP contribution is 2.28. The molecule has 1 aliphatic rings. The molecule has 1 atom stereocenters. The highest BCUT2D eigenvalue weighted by atomic mass is 35.5. The van der Waals surface area contributed by atoms with Crippen LogP contribution < -0.4 is 19.9 Å². The van der Waals surface area contributed by atoms with Gasteiger partial charge in [-0.25, -0.2) is 0 Å². The molecule has 0 spiro atoms. The van der Waals surface area contributed by atoms with Gasteiger partial charge in [0.15, 0.2) is 6.04 Å². The minimum absolute atomic E-state index is 0.0395. The number of hydrogen-bond acceptors (Lipinski definition) is 3. The molecule has 1 saturated heterocycles. The van der Waals surface area contributed by atoms with E-state index in [0.717, 1.165) is 37.6 Å². The largest absolute Gasteiger partial charge is 0.492 e. The zero-order chi connectivity index (χ0) is 20.1. The molecule has 0 saturated carbocycles. The second-order valence-corrected chi connectivity index (χ2v) is 7.72. The van der Waals surface area contributed by atoms with Gasteiger partial charge in [-0.1, -0.05) is 35.3 Å². The van der Waals surface area contributed by atoms with Gasteiger partial charge < -0.3 is 19.9 Å². The van der Waals surface area contributed by atoms with Crippen LogP contribution in [0.2, 0.25) is 10.0 Å². The summed E-state index contributed by atoms with van der Waals surface area (Å²) in [4.78, 5) is 16.3. The number of hydrogen-bond donors (Lipinski definition) is 2. The fourth-order valence-corrected chi connectivity index (χ4v) is 3.94. The van der Waals surface area contributed by atoms with Gasteiger partial charge in [0, 0.05) is 5.02 Å². The van der Waals surface area contributed by atoms with Crippen molar-refractivity contribution in [3.05, 3.63) is 52.5 Å². The van der Waals surface area contributed by atoms with Crippen LogP contribution in [0.1, 0.15) is 13.8 Å². The Labute approximate surface area is 176 Å². The Kier molecular flexibility index (Phi) is 7.05. The van der Waals surface area contributed by atoms with E-state index in [2.05, 4.69) is 16.3 Å². The fraction of sp³-hybridized carbons (Fsp3) is 0.381. The Balaban J connectivity index is 1.59. The number of piperazine rings is 1. The van der Waals surface area contributed by atoms with Gasteiger partial charge in [0.05, 0.1) is 49.2 Å². The Morgan fingerprint density at radius 2 is 1.93 bits per heavy atom. The number of carbonyl (C=O) groups excluding carboxylic acids is 1. The number of amides is 1. The molecule has 0 radical (unpaired) electrons. The zero-order valence-electron chi connectivity index (χ0n) is 16.2. The van der Waals surface area contributed by atoms with E-state index in [1.54, 1.807) is 18.2 Å². The van der Waals surface area contributed by atoms with E-state index in [4.69, 9.17) is 27.9 Å². The van der Waals surface area contributed by atoms with Crippen LogP contribution in [-0.2, 0) is 4.79 Å². The van der Waals surface area contributed by atoms with Crippen molar-refractivity contribution in [3.63, 3.8) is 0 Å². The molecular weight excluding hydrogens is 397 g/mol. The first kappa shape index (κ1) is 20.8. The van der Waals surface area contributed by atoms with Crippen molar-refractivity contribution in [3.8, 4) is 5.75 Å². The van der Waals surface area contributed by atoms with Crippen LogP contribution in [0.3, 0.4) is 0 Å². The van der Waals surface area contributed by atoms with Gasteiger partial charge in [-0.15, -0.1) is 0 Å². The number of rotatable bonds is 6. The Bertz CT molecular complexity index is 823. The van der Waals surface area contributed by atoms with Crippen molar-refractivity contribution in [1.29, 1.82) is 0 Å². The van der Waals surface area contributed by atoms with Crippen molar-refractivity contribution < 1.29 is 14.4 Å². The van der Waals surface area contributed by atoms with Gasteiger partial charge in [-0.05, 0) is 44.2 Å².